The van der Waals surface area contributed by atoms with Crippen LogP contribution in [0.15, 0.2) is 30.3 Å². The van der Waals surface area contributed by atoms with Crippen LogP contribution in [0.1, 0.15) is 18.4 Å². The number of nitrogens with one attached hydrogen (secondary N) is 2. The Balaban J connectivity index is 1.66. The van der Waals surface area contributed by atoms with Crippen molar-refractivity contribution in [2.75, 3.05) is 26.7 Å². The number of benzene rings is 1. The van der Waals surface area contributed by atoms with Crippen LogP contribution < -0.4 is 10.6 Å². The Hall–Kier alpha value is -2.57. The number of ether oxygens (including phenoxy) is 1. The van der Waals surface area contributed by atoms with Crippen LogP contribution in [-0.2, 0) is 20.9 Å². The van der Waals surface area contributed by atoms with E-state index in [1.165, 1.54) is 7.11 Å². The summed E-state index contributed by atoms with van der Waals surface area (Å²) >= 11 is 0. The Morgan fingerprint density at radius 2 is 1.71 bits per heavy atom. The molecule has 1 saturated heterocycles. The molecule has 0 atom stereocenters. The SMILES string of the molecule is COC(=O)N1CCC(CNC(=O)C(=O)NCc2ccccc2)CC1. The van der Waals surface area contributed by atoms with Gasteiger partial charge < -0.3 is 20.3 Å². The molecule has 0 unspecified atom stereocenters. The highest BCUT2D eigenvalue weighted by atomic mass is 16.5. The lowest BCUT2D eigenvalue weighted by atomic mass is 9.97. The molecular formula is C17H23N3O4. The minimum atomic E-state index is -0.633. The Labute approximate surface area is 141 Å². The molecule has 0 aliphatic carbocycles. The highest BCUT2D eigenvalue weighted by Crippen LogP contribution is 2.16. The van der Waals surface area contributed by atoms with E-state index >= 15 is 0 Å². The maximum Gasteiger partial charge on any atom is 0.409 e. The van der Waals surface area contributed by atoms with Crippen LogP contribution in [0, 0.1) is 5.92 Å². The molecule has 0 bridgehead atoms. The largest absolute Gasteiger partial charge is 0.453 e. The van der Waals surface area contributed by atoms with Gasteiger partial charge in [-0.3, -0.25) is 9.59 Å². The zero-order valence-electron chi connectivity index (χ0n) is 13.8. The lowest BCUT2D eigenvalue weighted by molar-refractivity contribution is -0.139. The summed E-state index contributed by atoms with van der Waals surface area (Å²) in [6.45, 7) is 1.97. The molecule has 7 heteroatoms. The van der Waals surface area contributed by atoms with Crippen LogP contribution in [0.2, 0.25) is 0 Å². The molecule has 2 N–H and O–H groups in total. The number of likely N-dealkylation sites (tertiary alicyclic amines) is 1. The van der Waals surface area contributed by atoms with E-state index in [1.807, 2.05) is 30.3 Å². The van der Waals surface area contributed by atoms with Gasteiger partial charge in [0.05, 0.1) is 7.11 Å². The van der Waals surface area contributed by atoms with Crippen molar-refractivity contribution in [3.63, 3.8) is 0 Å². The predicted octanol–water partition coefficient (Wildman–Crippen LogP) is 0.897. The lowest BCUT2D eigenvalue weighted by Gasteiger charge is -2.30. The first-order valence-electron chi connectivity index (χ1n) is 8.03. The van der Waals surface area contributed by atoms with Crippen molar-refractivity contribution in [3.05, 3.63) is 35.9 Å². The van der Waals surface area contributed by atoms with Gasteiger partial charge in [-0.05, 0) is 24.3 Å². The van der Waals surface area contributed by atoms with Crippen LogP contribution in [0.4, 0.5) is 4.79 Å². The van der Waals surface area contributed by atoms with E-state index in [-0.39, 0.29) is 12.0 Å². The molecule has 0 aromatic heterocycles. The molecule has 1 aromatic carbocycles. The van der Waals surface area contributed by atoms with Gasteiger partial charge in [0.15, 0.2) is 0 Å². The number of piperidine rings is 1. The van der Waals surface area contributed by atoms with Crippen molar-refractivity contribution in [2.24, 2.45) is 5.92 Å². The van der Waals surface area contributed by atoms with Gasteiger partial charge in [0.1, 0.15) is 0 Å². The summed E-state index contributed by atoms with van der Waals surface area (Å²) in [5.74, 6) is -0.996. The van der Waals surface area contributed by atoms with Crippen molar-refractivity contribution < 1.29 is 19.1 Å². The smallest absolute Gasteiger partial charge is 0.409 e. The van der Waals surface area contributed by atoms with Gasteiger partial charge >= 0.3 is 17.9 Å². The Morgan fingerprint density at radius 1 is 1.08 bits per heavy atom. The fraction of sp³-hybridized carbons (Fsp3) is 0.471. The maximum atomic E-state index is 11.8. The van der Waals surface area contributed by atoms with Gasteiger partial charge in [0.25, 0.3) is 0 Å². The molecule has 1 aliphatic heterocycles. The zero-order valence-corrected chi connectivity index (χ0v) is 13.8. The molecule has 1 aromatic rings. The van der Waals surface area contributed by atoms with E-state index in [9.17, 15) is 14.4 Å². The van der Waals surface area contributed by atoms with Gasteiger partial charge in [-0.15, -0.1) is 0 Å². The monoisotopic (exact) mass is 333 g/mol. The number of rotatable bonds is 4. The molecule has 7 nitrogen and oxygen atoms in total. The second-order valence-electron chi connectivity index (χ2n) is 5.78. The fourth-order valence-corrected chi connectivity index (χ4v) is 2.62. The molecular weight excluding hydrogens is 310 g/mol. The van der Waals surface area contributed by atoms with Crippen molar-refractivity contribution in [2.45, 2.75) is 19.4 Å². The molecule has 130 valence electrons. The summed E-state index contributed by atoms with van der Waals surface area (Å²) in [4.78, 5) is 36.6. The van der Waals surface area contributed by atoms with Crippen molar-refractivity contribution in [1.29, 1.82) is 0 Å². The predicted molar refractivity (Wildman–Crippen MR) is 88.0 cm³/mol. The van der Waals surface area contributed by atoms with Gasteiger partial charge in [0, 0.05) is 26.2 Å². The Bertz CT molecular complexity index is 568. The number of amides is 3. The molecule has 1 fully saturated rings. The summed E-state index contributed by atoms with van der Waals surface area (Å²) < 4.78 is 4.68. The van der Waals surface area contributed by atoms with Gasteiger partial charge in [-0.25, -0.2) is 4.79 Å². The Kier molecular flexibility index (Phi) is 6.60. The average molecular weight is 333 g/mol. The summed E-state index contributed by atoms with van der Waals surface area (Å²) in [6, 6.07) is 9.41. The first kappa shape index (κ1) is 17.8. The van der Waals surface area contributed by atoms with Crippen LogP contribution in [0.5, 0.6) is 0 Å². The van der Waals surface area contributed by atoms with Gasteiger partial charge in [-0.1, -0.05) is 30.3 Å². The highest BCUT2D eigenvalue weighted by molar-refractivity contribution is 6.35. The molecule has 0 spiro atoms. The number of hydrogen-bond acceptors (Lipinski definition) is 4. The zero-order chi connectivity index (χ0) is 17.4. The second kappa shape index (κ2) is 8.90. The molecule has 1 aliphatic rings. The van der Waals surface area contributed by atoms with E-state index in [0.29, 0.717) is 26.2 Å². The number of nitrogens with zero attached hydrogens (tertiary/aromatic N) is 1. The lowest BCUT2D eigenvalue weighted by Crippen LogP contribution is -2.44. The molecule has 1 heterocycles. The Morgan fingerprint density at radius 3 is 2.33 bits per heavy atom. The van der Waals surface area contributed by atoms with Crippen LogP contribution >= 0.6 is 0 Å². The van der Waals surface area contributed by atoms with Crippen molar-refractivity contribution in [3.8, 4) is 0 Å². The van der Waals surface area contributed by atoms with Crippen molar-refractivity contribution >= 4 is 17.9 Å². The van der Waals surface area contributed by atoms with E-state index < -0.39 is 11.8 Å². The van der Waals surface area contributed by atoms with Crippen LogP contribution in [0.25, 0.3) is 0 Å². The summed E-state index contributed by atoms with van der Waals surface area (Å²) in [5.41, 5.74) is 0.939. The summed E-state index contributed by atoms with van der Waals surface area (Å²) in [5, 5.41) is 5.26. The summed E-state index contributed by atoms with van der Waals surface area (Å²) in [7, 11) is 1.36. The number of carbonyl (C=O) groups excluding carboxylic acids is 3. The molecule has 3 amide bonds. The third-order valence-electron chi connectivity index (χ3n) is 4.10. The fourth-order valence-electron chi connectivity index (χ4n) is 2.62. The summed E-state index contributed by atoms with van der Waals surface area (Å²) in [6.07, 6.45) is 1.24. The standard InChI is InChI=1S/C17H23N3O4/c1-24-17(23)20-9-7-14(8-10-20)12-19-16(22)15(21)18-11-13-5-3-2-4-6-13/h2-6,14H,7-12H2,1H3,(H,18,21)(H,19,22). The van der Waals surface area contributed by atoms with Gasteiger partial charge in [0.2, 0.25) is 0 Å². The topological polar surface area (TPSA) is 87.7 Å². The number of carbonyl (C=O) groups is 3. The molecule has 0 saturated carbocycles. The van der Waals surface area contributed by atoms with Crippen molar-refractivity contribution in [1.82, 2.24) is 15.5 Å². The first-order valence-corrected chi connectivity index (χ1v) is 8.03. The van der Waals surface area contributed by atoms with E-state index in [2.05, 4.69) is 15.4 Å². The normalized spacial score (nSPS) is 14.8. The van der Waals surface area contributed by atoms with Gasteiger partial charge in [-0.2, -0.15) is 0 Å². The van der Waals surface area contributed by atoms with E-state index in [4.69, 9.17) is 0 Å². The first-order chi connectivity index (χ1) is 11.6. The quantitative estimate of drug-likeness (QED) is 0.801. The number of methoxy groups -OCH3 is 1. The number of hydrogen-bond donors (Lipinski definition) is 2. The average Bonchev–Trinajstić information content (AvgIpc) is 2.64. The molecule has 0 radical (unpaired) electrons. The maximum absolute atomic E-state index is 11.8. The minimum absolute atomic E-state index is 0.261. The third kappa shape index (κ3) is 5.26. The van der Waals surface area contributed by atoms with E-state index in [0.717, 1.165) is 18.4 Å². The molecule has 24 heavy (non-hydrogen) atoms. The van der Waals surface area contributed by atoms with Crippen LogP contribution in [-0.4, -0.2) is 49.6 Å². The molecule has 2 rings (SSSR count). The third-order valence-corrected chi connectivity index (χ3v) is 4.10. The minimum Gasteiger partial charge on any atom is -0.453 e. The van der Waals surface area contributed by atoms with Crippen LogP contribution in [0.3, 0.4) is 0 Å². The highest BCUT2D eigenvalue weighted by Gasteiger charge is 2.24. The second-order valence-corrected chi connectivity index (χ2v) is 5.78. The van der Waals surface area contributed by atoms with E-state index in [1.54, 1.807) is 4.90 Å².